The topological polar surface area (TPSA) is 79.2 Å². The minimum atomic E-state index is -0.0301. The zero-order valence-corrected chi connectivity index (χ0v) is 18.2. The van der Waals surface area contributed by atoms with Crippen LogP contribution >= 0.6 is 0 Å². The zero-order chi connectivity index (χ0) is 22.1. The number of carbonyl (C=O) groups excluding carboxylic acids is 1. The summed E-state index contributed by atoms with van der Waals surface area (Å²) in [6.07, 6.45) is 5.48. The summed E-state index contributed by atoms with van der Waals surface area (Å²) in [6.45, 7) is 4.95. The average molecular weight is 428 g/mol. The summed E-state index contributed by atoms with van der Waals surface area (Å²) in [6, 6.07) is 14.4. The Labute approximate surface area is 186 Å². The van der Waals surface area contributed by atoms with Gasteiger partial charge in [0.1, 0.15) is 11.6 Å². The Balaban J connectivity index is 1.46. The quantitative estimate of drug-likeness (QED) is 0.543. The van der Waals surface area contributed by atoms with Crippen LogP contribution in [0.1, 0.15) is 5.56 Å². The second kappa shape index (κ2) is 8.30. The monoisotopic (exact) mass is 427 g/mol. The molecule has 1 fully saturated rings. The first-order valence-corrected chi connectivity index (χ1v) is 10.7. The van der Waals surface area contributed by atoms with Gasteiger partial charge in [-0.2, -0.15) is 0 Å². The second-order valence-corrected chi connectivity index (χ2v) is 7.91. The molecule has 3 aromatic heterocycles. The van der Waals surface area contributed by atoms with Gasteiger partial charge in [-0.05, 0) is 37.3 Å². The Kier molecular flexibility index (Phi) is 5.18. The zero-order valence-electron chi connectivity index (χ0n) is 18.2. The molecule has 8 heteroatoms. The molecule has 0 atom stereocenters. The van der Waals surface area contributed by atoms with Crippen molar-refractivity contribution >= 4 is 22.9 Å². The summed E-state index contributed by atoms with van der Waals surface area (Å²) in [5.41, 5.74) is 5.04. The van der Waals surface area contributed by atoms with Gasteiger partial charge >= 0.3 is 6.03 Å². The highest BCUT2D eigenvalue weighted by molar-refractivity contribution is 5.82. The number of aryl methyl sites for hydroxylation is 1. The van der Waals surface area contributed by atoms with E-state index >= 15 is 0 Å². The minimum Gasteiger partial charge on any atom is -0.353 e. The lowest BCUT2D eigenvalue weighted by atomic mass is 10.2. The van der Waals surface area contributed by atoms with Crippen molar-refractivity contribution in [2.75, 3.05) is 38.1 Å². The predicted octanol–water partition coefficient (Wildman–Crippen LogP) is 3.25. The molecular weight excluding hydrogens is 402 g/mol. The molecule has 0 radical (unpaired) electrons. The Bertz CT molecular complexity index is 1240. The SMILES string of the molecule is CNC(=O)N1CCN(c2ccc(-c3nc4ccncc4n3-c3ccc(C)cc3)cn2)CC1. The van der Waals surface area contributed by atoms with Gasteiger partial charge in [-0.3, -0.25) is 9.55 Å². The number of hydrogen-bond donors (Lipinski definition) is 1. The first-order valence-electron chi connectivity index (χ1n) is 10.7. The summed E-state index contributed by atoms with van der Waals surface area (Å²) in [5, 5.41) is 2.69. The molecule has 32 heavy (non-hydrogen) atoms. The van der Waals surface area contributed by atoms with Gasteiger partial charge in [0.15, 0.2) is 0 Å². The number of urea groups is 1. The fraction of sp³-hybridized carbons (Fsp3) is 0.250. The maximum atomic E-state index is 11.8. The van der Waals surface area contributed by atoms with E-state index in [2.05, 4.69) is 57.0 Å². The van der Waals surface area contributed by atoms with Gasteiger partial charge in [0, 0.05) is 56.9 Å². The summed E-state index contributed by atoms with van der Waals surface area (Å²) in [7, 11) is 1.66. The molecule has 5 rings (SSSR count). The third-order valence-corrected chi connectivity index (χ3v) is 5.86. The number of hydrogen-bond acceptors (Lipinski definition) is 5. The largest absolute Gasteiger partial charge is 0.353 e. The molecule has 0 saturated carbocycles. The van der Waals surface area contributed by atoms with Crippen molar-refractivity contribution in [3.8, 4) is 17.1 Å². The number of nitrogens with zero attached hydrogens (tertiary/aromatic N) is 6. The molecule has 2 amide bonds. The summed E-state index contributed by atoms with van der Waals surface area (Å²) >= 11 is 0. The molecule has 162 valence electrons. The van der Waals surface area contributed by atoms with E-state index in [1.165, 1.54) is 5.56 Å². The number of imidazole rings is 1. The Morgan fingerprint density at radius 2 is 1.75 bits per heavy atom. The Morgan fingerprint density at radius 1 is 0.969 bits per heavy atom. The van der Waals surface area contributed by atoms with Gasteiger partial charge in [-0.15, -0.1) is 0 Å². The minimum absolute atomic E-state index is 0.0301. The van der Waals surface area contributed by atoms with Crippen LogP contribution in [0.4, 0.5) is 10.6 Å². The molecule has 1 aromatic carbocycles. The van der Waals surface area contributed by atoms with Gasteiger partial charge in [0.25, 0.3) is 0 Å². The van der Waals surface area contributed by atoms with E-state index in [1.54, 1.807) is 13.2 Å². The van der Waals surface area contributed by atoms with Gasteiger partial charge in [-0.25, -0.2) is 14.8 Å². The molecule has 0 unspecified atom stereocenters. The van der Waals surface area contributed by atoms with Crippen LogP contribution in [0.2, 0.25) is 0 Å². The summed E-state index contributed by atoms with van der Waals surface area (Å²) in [4.78, 5) is 29.8. The van der Waals surface area contributed by atoms with Crippen molar-refractivity contribution in [1.82, 2.24) is 29.7 Å². The van der Waals surface area contributed by atoms with Crippen LogP contribution in [0, 0.1) is 6.92 Å². The number of piperazine rings is 1. The molecule has 0 spiro atoms. The van der Waals surface area contributed by atoms with Crippen LogP contribution in [0.3, 0.4) is 0 Å². The van der Waals surface area contributed by atoms with Crippen LogP contribution in [-0.4, -0.2) is 63.7 Å². The lowest BCUT2D eigenvalue weighted by Crippen LogP contribution is -2.51. The van der Waals surface area contributed by atoms with Gasteiger partial charge < -0.3 is 15.1 Å². The fourth-order valence-electron chi connectivity index (χ4n) is 4.07. The number of carbonyl (C=O) groups is 1. The molecule has 0 bridgehead atoms. The van der Waals surface area contributed by atoms with E-state index in [9.17, 15) is 4.79 Å². The van der Waals surface area contributed by atoms with Gasteiger partial charge in [0.2, 0.25) is 0 Å². The van der Waals surface area contributed by atoms with E-state index in [-0.39, 0.29) is 6.03 Å². The Hall–Kier alpha value is -3.94. The van der Waals surface area contributed by atoms with Crippen molar-refractivity contribution < 1.29 is 4.79 Å². The van der Waals surface area contributed by atoms with Crippen LogP contribution in [0.15, 0.2) is 61.1 Å². The van der Waals surface area contributed by atoms with Crippen molar-refractivity contribution in [2.45, 2.75) is 6.92 Å². The first-order chi connectivity index (χ1) is 15.6. The van der Waals surface area contributed by atoms with Crippen molar-refractivity contribution in [1.29, 1.82) is 0 Å². The summed E-state index contributed by atoms with van der Waals surface area (Å²) in [5.74, 6) is 1.74. The highest BCUT2D eigenvalue weighted by Crippen LogP contribution is 2.29. The lowest BCUT2D eigenvalue weighted by molar-refractivity contribution is 0.196. The number of amides is 2. The van der Waals surface area contributed by atoms with Crippen molar-refractivity contribution in [3.63, 3.8) is 0 Å². The number of anilines is 1. The van der Waals surface area contributed by atoms with Crippen molar-refractivity contribution in [3.05, 3.63) is 66.6 Å². The normalized spacial score (nSPS) is 14.1. The van der Waals surface area contributed by atoms with E-state index in [0.717, 1.165) is 47.0 Å². The third-order valence-electron chi connectivity index (χ3n) is 5.86. The molecule has 1 aliphatic rings. The van der Waals surface area contributed by atoms with Crippen LogP contribution in [0.5, 0.6) is 0 Å². The van der Waals surface area contributed by atoms with E-state index in [0.29, 0.717) is 13.1 Å². The molecule has 4 aromatic rings. The fourth-order valence-corrected chi connectivity index (χ4v) is 4.07. The van der Waals surface area contributed by atoms with E-state index < -0.39 is 0 Å². The molecule has 1 aliphatic heterocycles. The molecule has 8 nitrogen and oxygen atoms in total. The average Bonchev–Trinajstić information content (AvgIpc) is 3.24. The van der Waals surface area contributed by atoms with Crippen LogP contribution < -0.4 is 10.2 Å². The molecular formula is C24H25N7O. The standard InChI is InChI=1S/C24H25N7O/c1-17-3-6-19(7-4-17)31-21-16-26-10-9-20(21)28-23(31)18-5-8-22(27-15-18)29-11-13-30(14-12-29)24(32)25-2/h3-10,15-16H,11-14H2,1-2H3,(H,25,32). The molecule has 0 aliphatic carbocycles. The maximum Gasteiger partial charge on any atom is 0.317 e. The molecule has 1 N–H and O–H groups in total. The second-order valence-electron chi connectivity index (χ2n) is 7.91. The summed E-state index contributed by atoms with van der Waals surface area (Å²) < 4.78 is 2.13. The number of pyridine rings is 2. The smallest absolute Gasteiger partial charge is 0.317 e. The molecule has 4 heterocycles. The number of nitrogens with one attached hydrogen (secondary N) is 1. The molecule has 1 saturated heterocycles. The first kappa shape index (κ1) is 20.0. The van der Waals surface area contributed by atoms with Crippen LogP contribution in [0.25, 0.3) is 28.1 Å². The Morgan fingerprint density at radius 3 is 2.44 bits per heavy atom. The van der Waals surface area contributed by atoms with Gasteiger partial charge in [-0.1, -0.05) is 17.7 Å². The van der Waals surface area contributed by atoms with Gasteiger partial charge in [0.05, 0.1) is 17.2 Å². The number of fused-ring (bicyclic) bond motifs is 1. The highest BCUT2D eigenvalue weighted by atomic mass is 16.2. The lowest BCUT2D eigenvalue weighted by Gasteiger charge is -2.35. The van der Waals surface area contributed by atoms with E-state index in [1.807, 2.05) is 29.4 Å². The maximum absolute atomic E-state index is 11.8. The van der Waals surface area contributed by atoms with Crippen molar-refractivity contribution in [2.24, 2.45) is 0 Å². The van der Waals surface area contributed by atoms with Crippen LogP contribution in [-0.2, 0) is 0 Å². The number of aromatic nitrogens is 4. The number of rotatable bonds is 3. The number of benzene rings is 1. The van der Waals surface area contributed by atoms with E-state index in [4.69, 9.17) is 9.97 Å². The highest BCUT2D eigenvalue weighted by Gasteiger charge is 2.21. The third kappa shape index (κ3) is 3.64. The predicted molar refractivity (Wildman–Crippen MR) is 125 cm³/mol.